The first kappa shape index (κ1) is 24.5. The van der Waals surface area contributed by atoms with Crippen molar-refractivity contribution >= 4 is 11.6 Å². The lowest BCUT2D eigenvalue weighted by Crippen LogP contribution is -2.22. The van der Waals surface area contributed by atoms with Crippen LogP contribution in [-0.4, -0.2) is 43.7 Å². The molecule has 0 spiro atoms. The van der Waals surface area contributed by atoms with Crippen LogP contribution in [0.3, 0.4) is 0 Å². The molecule has 1 amide bonds. The topological polar surface area (TPSA) is 60.0 Å². The molecule has 0 radical (unpaired) electrons. The lowest BCUT2D eigenvalue weighted by molar-refractivity contribution is 0.102. The average molecular weight is 429 g/mol. The predicted octanol–water partition coefficient (Wildman–Crippen LogP) is 5.29. The van der Waals surface area contributed by atoms with Crippen molar-refractivity contribution in [2.45, 2.75) is 48.1 Å². The molecule has 0 aliphatic heterocycles. The van der Waals surface area contributed by atoms with Gasteiger partial charge in [0, 0.05) is 17.8 Å². The van der Waals surface area contributed by atoms with Gasteiger partial charge in [-0.3, -0.25) is 9.69 Å². The van der Waals surface area contributed by atoms with Crippen molar-refractivity contribution in [2.75, 3.05) is 38.2 Å². The van der Waals surface area contributed by atoms with Crippen LogP contribution in [0, 0.1) is 6.92 Å². The fourth-order valence-corrected chi connectivity index (χ4v) is 3.38. The van der Waals surface area contributed by atoms with Gasteiger partial charge < -0.3 is 19.5 Å². The van der Waals surface area contributed by atoms with E-state index >= 15 is 0 Å². The van der Waals surface area contributed by atoms with Gasteiger partial charge in [-0.05, 0) is 70.1 Å². The second-order valence-electron chi connectivity index (χ2n) is 7.17. The first-order chi connectivity index (χ1) is 15.0. The Kier molecular flexibility index (Phi) is 9.66. The highest BCUT2D eigenvalue weighted by molar-refractivity contribution is 6.05. The minimum absolute atomic E-state index is 0.218. The summed E-state index contributed by atoms with van der Waals surface area (Å²) < 4.78 is 17.2. The van der Waals surface area contributed by atoms with E-state index in [4.69, 9.17) is 14.2 Å². The summed E-state index contributed by atoms with van der Waals surface area (Å²) >= 11 is 0. The summed E-state index contributed by atoms with van der Waals surface area (Å²) in [5.74, 6) is 1.32. The molecule has 2 aromatic rings. The van der Waals surface area contributed by atoms with Gasteiger partial charge in [0.25, 0.3) is 5.91 Å². The molecule has 2 rings (SSSR count). The summed E-state index contributed by atoms with van der Waals surface area (Å²) in [7, 11) is 0. The van der Waals surface area contributed by atoms with Crippen molar-refractivity contribution in [3.05, 3.63) is 47.0 Å². The Hall–Kier alpha value is -2.73. The second-order valence-corrected chi connectivity index (χ2v) is 7.17. The number of hydrogen-bond acceptors (Lipinski definition) is 5. The van der Waals surface area contributed by atoms with E-state index < -0.39 is 0 Å². The minimum atomic E-state index is -0.218. The van der Waals surface area contributed by atoms with Gasteiger partial charge in [-0.2, -0.15) is 0 Å². The number of amides is 1. The van der Waals surface area contributed by atoms with Crippen molar-refractivity contribution in [3.63, 3.8) is 0 Å². The van der Waals surface area contributed by atoms with Crippen LogP contribution in [-0.2, 0) is 6.54 Å². The van der Waals surface area contributed by atoms with Crippen molar-refractivity contribution in [1.82, 2.24) is 4.90 Å². The molecule has 0 saturated carbocycles. The summed E-state index contributed by atoms with van der Waals surface area (Å²) in [6.07, 6.45) is 0. The largest absolute Gasteiger partial charge is 0.490 e. The summed E-state index contributed by atoms with van der Waals surface area (Å²) in [6, 6.07) is 9.57. The average Bonchev–Trinajstić information content (AvgIpc) is 2.76. The van der Waals surface area contributed by atoms with E-state index in [0.29, 0.717) is 42.6 Å². The lowest BCUT2D eigenvalue weighted by Gasteiger charge is -2.19. The Labute approximate surface area is 186 Å². The number of anilines is 1. The van der Waals surface area contributed by atoms with Gasteiger partial charge in [-0.25, -0.2) is 0 Å². The van der Waals surface area contributed by atoms with Crippen LogP contribution in [0.15, 0.2) is 30.3 Å². The lowest BCUT2D eigenvalue weighted by atomic mass is 10.1. The smallest absolute Gasteiger partial charge is 0.255 e. The Bertz CT molecular complexity index is 836. The highest BCUT2D eigenvalue weighted by Gasteiger charge is 2.19. The summed E-state index contributed by atoms with van der Waals surface area (Å²) in [6.45, 7) is 16.3. The van der Waals surface area contributed by atoms with Gasteiger partial charge in [-0.1, -0.05) is 26.0 Å². The molecular weight excluding hydrogens is 392 g/mol. The first-order valence-electron chi connectivity index (χ1n) is 11.2. The molecule has 0 atom stereocenters. The Morgan fingerprint density at radius 1 is 0.871 bits per heavy atom. The molecule has 0 aromatic heterocycles. The van der Waals surface area contributed by atoms with Crippen LogP contribution in [0.5, 0.6) is 17.2 Å². The molecule has 31 heavy (non-hydrogen) atoms. The zero-order valence-electron chi connectivity index (χ0n) is 19.7. The van der Waals surface area contributed by atoms with Crippen LogP contribution in [0.4, 0.5) is 5.69 Å². The first-order valence-corrected chi connectivity index (χ1v) is 11.2. The van der Waals surface area contributed by atoms with Gasteiger partial charge in [-0.15, -0.1) is 0 Å². The van der Waals surface area contributed by atoms with E-state index in [2.05, 4.69) is 36.2 Å². The predicted molar refractivity (Wildman–Crippen MR) is 126 cm³/mol. The normalized spacial score (nSPS) is 10.8. The second kappa shape index (κ2) is 12.2. The number of hydrogen-bond donors (Lipinski definition) is 1. The maximum atomic E-state index is 13.0. The van der Waals surface area contributed by atoms with E-state index in [1.807, 2.05) is 33.8 Å². The van der Waals surface area contributed by atoms with Crippen molar-refractivity contribution < 1.29 is 19.0 Å². The number of aryl methyl sites for hydroxylation is 1. The number of nitrogens with one attached hydrogen (secondary N) is 1. The quantitative estimate of drug-likeness (QED) is 0.498. The van der Waals surface area contributed by atoms with Gasteiger partial charge in [0.1, 0.15) is 0 Å². The molecule has 6 nitrogen and oxygen atoms in total. The summed E-state index contributed by atoms with van der Waals surface area (Å²) in [4.78, 5) is 15.4. The molecule has 0 fully saturated rings. The van der Waals surface area contributed by atoms with Gasteiger partial charge in [0.05, 0.1) is 19.8 Å². The molecule has 6 heteroatoms. The highest BCUT2D eigenvalue weighted by atomic mass is 16.5. The maximum absolute atomic E-state index is 13.0. The van der Waals surface area contributed by atoms with Gasteiger partial charge >= 0.3 is 0 Å². The minimum Gasteiger partial charge on any atom is -0.490 e. The molecule has 1 N–H and O–H groups in total. The molecule has 0 aliphatic carbocycles. The summed E-state index contributed by atoms with van der Waals surface area (Å²) in [5.41, 5.74) is 3.51. The fraction of sp³-hybridized carbons (Fsp3) is 0.480. The Morgan fingerprint density at radius 2 is 1.45 bits per heavy atom. The van der Waals surface area contributed by atoms with Crippen LogP contribution in [0.25, 0.3) is 0 Å². The Morgan fingerprint density at radius 3 is 1.94 bits per heavy atom. The number of carbonyl (C=O) groups excluding carboxylic acids is 1. The van der Waals surface area contributed by atoms with Crippen LogP contribution < -0.4 is 19.5 Å². The van der Waals surface area contributed by atoms with E-state index in [1.165, 1.54) is 5.56 Å². The highest BCUT2D eigenvalue weighted by Crippen LogP contribution is 2.39. The van der Waals surface area contributed by atoms with Crippen LogP contribution in [0.2, 0.25) is 0 Å². The SMILES string of the molecule is CCOc1cc(C(=O)Nc2ccc(CN(CC)CC)cc2C)cc(OCC)c1OCC. The van der Waals surface area contributed by atoms with Gasteiger partial charge in [0.2, 0.25) is 5.75 Å². The fourth-order valence-electron chi connectivity index (χ4n) is 3.38. The van der Waals surface area contributed by atoms with Crippen molar-refractivity contribution in [3.8, 4) is 17.2 Å². The van der Waals surface area contributed by atoms with E-state index in [0.717, 1.165) is 30.9 Å². The number of benzene rings is 2. The molecular formula is C25H36N2O4. The molecule has 0 aliphatic rings. The van der Waals surface area contributed by atoms with E-state index in [1.54, 1.807) is 12.1 Å². The molecule has 0 heterocycles. The number of nitrogens with zero attached hydrogens (tertiary/aromatic N) is 1. The molecule has 2 aromatic carbocycles. The molecule has 0 saturated heterocycles. The van der Waals surface area contributed by atoms with E-state index in [-0.39, 0.29) is 5.91 Å². The van der Waals surface area contributed by atoms with Gasteiger partial charge in [0.15, 0.2) is 11.5 Å². The van der Waals surface area contributed by atoms with Crippen LogP contribution >= 0.6 is 0 Å². The van der Waals surface area contributed by atoms with Crippen molar-refractivity contribution in [1.29, 1.82) is 0 Å². The molecule has 0 unspecified atom stereocenters. The zero-order chi connectivity index (χ0) is 22.8. The number of ether oxygens (including phenoxy) is 3. The standard InChI is InChI=1S/C25H36N2O4/c1-7-27(8-2)17-19-12-13-21(18(6)14-19)26-25(28)20-15-22(29-9-3)24(31-11-5)23(16-20)30-10-4/h12-16H,7-11,17H2,1-6H3,(H,26,28). The third-order valence-corrected chi connectivity index (χ3v) is 5.01. The molecule has 0 bridgehead atoms. The van der Waals surface area contributed by atoms with Crippen LogP contribution in [0.1, 0.15) is 56.1 Å². The molecule has 170 valence electrons. The summed E-state index contributed by atoms with van der Waals surface area (Å²) in [5, 5.41) is 3.02. The van der Waals surface area contributed by atoms with Crippen molar-refractivity contribution in [2.24, 2.45) is 0 Å². The van der Waals surface area contributed by atoms with E-state index in [9.17, 15) is 4.79 Å². The Balaban J connectivity index is 2.28. The monoisotopic (exact) mass is 428 g/mol. The zero-order valence-corrected chi connectivity index (χ0v) is 19.7. The third-order valence-electron chi connectivity index (χ3n) is 5.01. The third kappa shape index (κ3) is 6.62. The number of rotatable bonds is 12. The number of carbonyl (C=O) groups is 1. The maximum Gasteiger partial charge on any atom is 0.255 e.